The van der Waals surface area contributed by atoms with E-state index >= 15 is 0 Å². The standard InChI is InChI=1S/C25H29NO7.C23H23NO6/c1-4-31-23(29)25(24(30)32-5-2,17-19-12-8-6-9-13-19)26(3)21(27)16-22(28)33-18-20-14-10-7-11-15-20;1-3-29-22(28)23(14-16-10-6-4-7-11-16)19(25)18(20(26)24(23)2)21(27)30-15-17-12-8-5-9-13-17/h6-15H,4-5,16-18H2,1-3H3;4-13,18H,3,14-15H2,1-2H3. The van der Waals surface area contributed by atoms with E-state index in [9.17, 15) is 38.4 Å². The third-order valence-electron chi connectivity index (χ3n) is 10.2. The molecular formula is C48H52N2O13. The van der Waals surface area contributed by atoms with Crippen LogP contribution in [0.15, 0.2) is 121 Å². The summed E-state index contributed by atoms with van der Waals surface area (Å²) in [5, 5.41) is 0. The van der Waals surface area contributed by atoms with Crippen molar-refractivity contribution in [3.05, 3.63) is 144 Å². The van der Waals surface area contributed by atoms with E-state index in [1.165, 1.54) is 14.1 Å². The molecule has 0 aromatic heterocycles. The zero-order chi connectivity index (χ0) is 46.0. The Morgan fingerprint density at radius 1 is 0.603 bits per heavy atom. The van der Waals surface area contributed by atoms with Crippen molar-refractivity contribution in [2.24, 2.45) is 5.92 Å². The Morgan fingerprint density at radius 3 is 1.49 bits per heavy atom. The van der Waals surface area contributed by atoms with Crippen molar-refractivity contribution in [3.63, 3.8) is 0 Å². The van der Waals surface area contributed by atoms with Crippen LogP contribution < -0.4 is 0 Å². The number of Topliss-reactive ketones (excluding diaryl/α,β-unsaturated/α-hetero) is 1. The molecule has 5 rings (SSSR count). The maximum absolute atomic E-state index is 13.4. The van der Waals surface area contributed by atoms with Gasteiger partial charge in [-0.25, -0.2) is 14.4 Å². The highest BCUT2D eigenvalue weighted by molar-refractivity contribution is 6.30. The van der Waals surface area contributed by atoms with Gasteiger partial charge >= 0.3 is 29.8 Å². The quantitative estimate of drug-likeness (QED) is 0.0767. The van der Waals surface area contributed by atoms with E-state index in [4.69, 9.17) is 23.7 Å². The molecule has 4 aromatic carbocycles. The Morgan fingerprint density at radius 2 is 1.03 bits per heavy atom. The molecule has 15 nitrogen and oxygen atoms in total. The van der Waals surface area contributed by atoms with E-state index in [2.05, 4.69) is 0 Å². The van der Waals surface area contributed by atoms with Crippen LogP contribution in [0, 0.1) is 5.92 Å². The molecule has 0 saturated carbocycles. The van der Waals surface area contributed by atoms with E-state index in [-0.39, 0.29) is 45.9 Å². The van der Waals surface area contributed by atoms with Crippen LogP contribution in [0.25, 0.3) is 0 Å². The Balaban J connectivity index is 0.000000278. The molecule has 2 atom stereocenters. The van der Waals surface area contributed by atoms with Crippen LogP contribution in [-0.2, 0) is 88.1 Å². The topological polar surface area (TPSA) is 189 Å². The predicted molar refractivity (Wildman–Crippen MR) is 227 cm³/mol. The van der Waals surface area contributed by atoms with Crippen LogP contribution in [0.3, 0.4) is 0 Å². The molecule has 0 aliphatic carbocycles. The fraction of sp³-hybridized carbons (Fsp3) is 0.333. The van der Waals surface area contributed by atoms with Gasteiger partial charge in [0, 0.05) is 26.9 Å². The van der Waals surface area contributed by atoms with Crippen molar-refractivity contribution in [2.45, 2.75) is 64.3 Å². The smallest absolute Gasteiger partial charge is 0.344 e. The van der Waals surface area contributed by atoms with E-state index in [0.29, 0.717) is 11.1 Å². The number of ether oxygens (including phenoxy) is 5. The van der Waals surface area contributed by atoms with Gasteiger partial charge in [-0.15, -0.1) is 0 Å². The minimum Gasteiger partial charge on any atom is -0.464 e. The minimum absolute atomic E-state index is 0.00157. The van der Waals surface area contributed by atoms with E-state index in [1.807, 2.05) is 12.1 Å². The molecule has 2 unspecified atom stereocenters. The Kier molecular flexibility index (Phi) is 17.8. The SMILES string of the molecule is CCOC(=O)C(Cc1ccccc1)(C(=O)OCC)N(C)C(=O)CC(=O)OCc1ccccc1.CCOC(=O)C1(Cc2ccccc2)C(=O)C(C(=O)OCc2ccccc2)C(=O)N1C. The molecule has 332 valence electrons. The predicted octanol–water partition coefficient (Wildman–Crippen LogP) is 4.62. The Bertz CT molecular complexity index is 2180. The van der Waals surface area contributed by atoms with Gasteiger partial charge in [0.15, 0.2) is 11.7 Å². The van der Waals surface area contributed by atoms with Crippen LogP contribution >= 0.6 is 0 Å². The summed E-state index contributed by atoms with van der Waals surface area (Å²) in [7, 11) is 2.62. The minimum atomic E-state index is -2.09. The second kappa shape index (κ2) is 23.2. The van der Waals surface area contributed by atoms with Crippen molar-refractivity contribution in [1.82, 2.24) is 9.80 Å². The summed E-state index contributed by atoms with van der Waals surface area (Å²) >= 11 is 0. The van der Waals surface area contributed by atoms with Gasteiger partial charge in [-0.1, -0.05) is 121 Å². The molecule has 0 N–H and O–H groups in total. The number of likely N-dealkylation sites (N-methyl/N-ethyl adjacent to an activating group) is 2. The van der Waals surface area contributed by atoms with E-state index < -0.39 is 70.9 Å². The number of esters is 5. The first-order chi connectivity index (χ1) is 30.3. The number of amides is 2. The largest absolute Gasteiger partial charge is 0.464 e. The average molecular weight is 865 g/mol. The Labute approximate surface area is 366 Å². The summed E-state index contributed by atoms with van der Waals surface area (Å²) in [5.41, 5.74) is -1.24. The molecule has 0 radical (unpaired) electrons. The second-order valence-electron chi connectivity index (χ2n) is 14.3. The summed E-state index contributed by atoms with van der Waals surface area (Å²) in [4.78, 5) is 105. The molecule has 1 aliphatic rings. The van der Waals surface area contributed by atoms with Crippen LogP contribution in [0.5, 0.6) is 0 Å². The highest BCUT2D eigenvalue weighted by atomic mass is 16.6. The number of hydrogen-bond donors (Lipinski definition) is 0. The lowest BCUT2D eigenvalue weighted by atomic mass is 9.84. The summed E-state index contributed by atoms with van der Waals surface area (Å²) in [6.45, 7) is 4.76. The van der Waals surface area contributed by atoms with Crippen LogP contribution in [0.1, 0.15) is 49.4 Å². The van der Waals surface area contributed by atoms with Gasteiger partial charge in [0.05, 0.1) is 19.8 Å². The second-order valence-corrected chi connectivity index (χ2v) is 14.3. The first-order valence-electron chi connectivity index (χ1n) is 20.3. The van der Waals surface area contributed by atoms with Gasteiger partial charge < -0.3 is 33.5 Å². The number of nitrogens with zero attached hydrogens (tertiary/aromatic N) is 2. The number of carbonyl (C=O) groups excluding carboxylic acids is 8. The molecule has 1 heterocycles. The van der Waals surface area contributed by atoms with E-state index in [0.717, 1.165) is 20.9 Å². The molecule has 4 aromatic rings. The monoisotopic (exact) mass is 864 g/mol. The summed E-state index contributed by atoms with van der Waals surface area (Å²) in [6.07, 6.45) is -0.915. The number of carbonyl (C=O) groups is 8. The fourth-order valence-corrected chi connectivity index (χ4v) is 6.83. The molecule has 63 heavy (non-hydrogen) atoms. The van der Waals surface area contributed by atoms with E-state index in [1.54, 1.807) is 130 Å². The highest BCUT2D eigenvalue weighted by Crippen LogP contribution is 2.35. The number of ketones is 1. The first-order valence-corrected chi connectivity index (χ1v) is 20.3. The van der Waals surface area contributed by atoms with Crippen molar-refractivity contribution in [3.8, 4) is 0 Å². The lowest BCUT2D eigenvalue weighted by Crippen LogP contribution is -2.63. The normalized spacial score (nSPS) is 15.6. The molecule has 2 amide bonds. The lowest BCUT2D eigenvalue weighted by molar-refractivity contribution is -0.179. The third kappa shape index (κ3) is 11.8. The number of likely N-dealkylation sites (tertiary alicyclic amines) is 1. The molecule has 0 bridgehead atoms. The van der Waals surface area contributed by atoms with Gasteiger partial charge in [-0.3, -0.25) is 24.0 Å². The number of benzene rings is 4. The van der Waals surface area contributed by atoms with Crippen molar-refractivity contribution >= 4 is 47.4 Å². The van der Waals surface area contributed by atoms with Crippen molar-refractivity contribution < 1.29 is 62.0 Å². The molecule has 1 aliphatic heterocycles. The van der Waals surface area contributed by atoms with Gasteiger partial charge in [-0.2, -0.15) is 0 Å². The highest BCUT2D eigenvalue weighted by Gasteiger charge is 2.65. The third-order valence-corrected chi connectivity index (χ3v) is 10.2. The summed E-state index contributed by atoms with van der Waals surface area (Å²) in [5.74, 6) is -8.54. The molecule has 0 spiro atoms. The zero-order valence-electron chi connectivity index (χ0n) is 36.0. The van der Waals surface area contributed by atoms with Crippen LogP contribution in [-0.4, -0.2) is 102 Å². The average Bonchev–Trinajstić information content (AvgIpc) is 3.48. The number of rotatable bonds is 18. The summed E-state index contributed by atoms with van der Waals surface area (Å²) in [6, 6.07) is 35.5. The Hall–Kier alpha value is -7.16. The van der Waals surface area contributed by atoms with Gasteiger partial charge in [0.1, 0.15) is 19.6 Å². The van der Waals surface area contributed by atoms with Crippen LogP contribution in [0.4, 0.5) is 0 Å². The maximum Gasteiger partial charge on any atom is 0.344 e. The summed E-state index contributed by atoms with van der Waals surface area (Å²) < 4.78 is 25.9. The van der Waals surface area contributed by atoms with Crippen LogP contribution in [0.2, 0.25) is 0 Å². The molecule has 1 fully saturated rings. The molecule has 1 saturated heterocycles. The fourth-order valence-electron chi connectivity index (χ4n) is 6.83. The van der Waals surface area contributed by atoms with Crippen molar-refractivity contribution in [2.75, 3.05) is 33.9 Å². The number of hydrogen-bond acceptors (Lipinski definition) is 13. The van der Waals surface area contributed by atoms with Gasteiger partial charge in [0.25, 0.3) is 0 Å². The van der Waals surface area contributed by atoms with Gasteiger partial charge in [-0.05, 0) is 43.0 Å². The first kappa shape index (κ1) is 48.5. The molecular weight excluding hydrogens is 813 g/mol. The lowest BCUT2D eigenvalue weighted by Gasteiger charge is -2.37. The maximum atomic E-state index is 13.4. The van der Waals surface area contributed by atoms with Crippen molar-refractivity contribution in [1.29, 1.82) is 0 Å². The molecule has 15 heteroatoms. The van der Waals surface area contributed by atoms with Gasteiger partial charge in [0.2, 0.25) is 22.9 Å². The zero-order valence-corrected chi connectivity index (χ0v) is 36.0.